The molecule has 0 aliphatic heterocycles. The second-order valence-electron chi connectivity index (χ2n) is 4.54. The van der Waals surface area contributed by atoms with E-state index in [0.29, 0.717) is 16.7 Å². The van der Waals surface area contributed by atoms with Crippen molar-refractivity contribution in [2.75, 3.05) is 18.1 Å². The standard InChI is InChI=1S/C9H15BrN4O3S/c1-9(2,14-18(3,16)17)5-11-6-4-12-13-8(15)7(6)10/h4,14H,5H2,1-3H3,(H2,11,13,15). The maximum Gasteiger partial charge on any atom is 0.280 e. The number of hydrogen-bond acceptors (Lipinski definition) is 5. The van der Waals surface area contributed by atoms with Gasteiger partial charge in [-0.2, -0.15) is 5.10 Å². The maximum absolute atomic E-state index is 11.3. The predicted octanol–water partition coefficient (Wildman–Crippen LogP) is 0.272. The Morgan fingerprint density at radius 2 is 2.11 bits per heavy atom. The van der Waals surface area contributed by atoms with Gasteiger partial charge in [0.2, 0.25) is 10.0 Å². The van der Waals surface area contributed by atoms with Gasteiger partial charge in [0.1, 0.15) is 4.47 Å². The summed E-state index contributed by atoms with van der Waals surface area (Å²) in [5, 5.41) is 8.88. The molecule has 0 unspecified atom stereocenters. The SMILES string of the molecule is CC(C)(CNc1cn[nH]c(=O)c1Br)NS(C)(=O)=O. The van der Waals surface area contributed by atoms with Gasteiger partial charge in [-0.15, -0.1) is 0 Å². The Kier molecular flexibility index (Phi) is 4.51. The molecule has 0 aromatic carbocycles. The van der Waals surface area contributed by atoms with Gasteiger partial charge in [0, 0.05) is 12.1 Å². The summed E-state index contributed by atoms with van der Waals surface area (Å²) >= 11 is 3.12. The number of hydrogen-bond donors (Lipinski definition) is 3. The molecule has 0 radical (unpaired) electrons. The quantitative estimate of drug-likeness (QED) is 0.715. The van der Waals surface area contributed by atoms with Crippen LogP contribution in [-0.2, 0) is 10.0 Å². The van der Waals surface area contributed by atoms with Crippen LogP contribution in [0.1, 0.15) is 13.8 Å². The Hall–Kier alpha value is -0.930. The van der Waals surface area contributed by atoms with Gasteiger partial charge in [-0.1, -0.05) is 0 Å². The predicted molar refractivity (Wildman–Crippen MR) is 73.1 cm³/mol. The van der Waals surface area contributed by atoms with Gasteiger partial charge in [-0.25, -0.2) is 18.2 Å². The highest BCUT2D eigenvalue weighted by Crippen LogP contribution is 2.16. The van der Waals surface area contributed by atoms with Gasteiger partial charge >= 0.3 is 0 Å². The first-order valence-electron chi connectivity index (χ1n) is 5.07. The zero-order valence-corrected chi connectivity index (χ0v) is 12.6. The lowest BCUT2D eigenvalue weighted by Gasteiger charge is -2.25. The van der Waals surface area contributed by atoms with Crippen LogP contribution in [-0.4, -0.2) is 37.0 Å². The first-order chi connectivity index (χ1) is 8.11. The molecule has 1 rings (SSSR count). The van der Waals surface area contributed by atoms with Crippen molar-refractivity contribution in [3.05, 3.63) is 21.0 Å². The number of anilines is 1. The average molecular weight is 339 g/mol. The van der Waals surface area contributed by atoms with Crippen LogP contribution in [0.4, 0.5) is 5.69 Å². The molecular formula is C9H15BrN4O3S. The first kappa shape index (κ1) is 15.1. The number of halogens is 1. The van der Waals surface area contributed by atoms with Gasteiger partial charge < -0.3 is 5.32 Å². The van der Waals surface area contributed by atoms with Crippen LogP contribution < -0.4 is 15.6 Å². The molecule has 1 aromatic heterocycles. The lowest BCUT2D eigenvalue weighted by atomic mass is 10.1. The van der Waals surface area contributed by atoms with Crippen LogP contribution in [0.2, 0.25) is 0 Å². The highest BCUT2D eigenvalue weighted by molar-refractivity contribution is 9.10. The van der Waals surface area contributed by atoms with Crippen molar-refractivity contribution < 1.29 is 8.42 Å². The summed E-state index contributed by atoms with van der Waals surface area (Å²) < 4.78 is 25.1. The van der Waals surface area contributed by atoms with Crippen LogP contribution in [0.3, 0.4) is 0 Å². The summed E-state index contributed by atoms with van der Waals surface area (Å²) in [6, 6.07) is 0. The summed E-state index contributed by atoms with van der Waals surface area (Å²) in [7, 11) is -3.29. The summed E-state index contributed by atoms with van der Waals surface area (Å²) in [4.78, 5) is 11.3. The molecule has 9 heteroatoms. The minimum atomic E-state index is -3.29. The second kappa shape index (κ2) is 5.37. The number of rotatable bonds is 5. The molecule has 3 N–H and O–H groups in total. The highest BCUT2D eigenvalue weighted by atomic mass is 79.9. The number of H-pyrrole nitrogens is 1. The Morgan fingerprint density at radius 3 is 2.67 bits per heavy atom. The van der Waals surface area contributed by atoms with Crippen LogP contribution in [0.5, 0.6) is 0 Å². The van der Waals surface area contributed by atoms with Gasteiger partial charge in [0.25, 0.3) is 5.56 Å². The molecule has 0 atom stereocenters. The van der Waals surface area contributed by atoms with E-state index in [4.69, 9.17) is 0 Å². The van der Waals surface area contributed by atoms with Crippen molar-refractivity contribution in [2.24, 2.45) is 0 Å². The van der Waals surface area contributed by atoms with Crippen LogP contribution in [0.25, 0.3) is 0 Å². The van der Waals surface area contributed by atoms with Crippen LogP contribution in [0.15, 0.2) is 15.5 Å². The van der Waals surface area contributed by atoms with E-state index in [9.17, 15) is 13.2 Å². The molecule has 0 fully saturated rings. The number of sulfonamides is 1. The molecule has 7 nitrogen and oxygen atoms in total. The van der Waals surface area contributed by atoms with E-state index >= 15 is 0 Å². The summed E-state index contributed by atoms with van der Waals surface area (Å²) in [6.07, 6.45) is 2.54. The zero-order chi connectivity index (χ0) is 14.0. The van der Waals surface area contributed by atoms with Crippen molar-refractivity contribution in [2.45, 2.75) is 19.4 Å². The van der Waals surface area contributed by atoms with Crippen LogP contribution >= 0.6 is 15.9 Å². The third-order valence-corrected chi connectivity index (χ3v) is 3.69. The second-order valence-corrected chi connectivity index (χ2v) is 7.08. The van der Waals surface area contributed by atoms with Crippen molar-refractivity contribution in [1.29, 1.82) is 0 Å². The molecule has 0 aliphatic carbocycles. The van der Waals surface area contributed by atoms with E-state index < -0.39 is 15.6 Å². The van der Waals surface area contributed by atoms with Gasteiger partial charge in [0.15, 0.2) is 0 Å². The fraction of sp³-hybridized carbons (Fsp3) is 0.556. The Labute approximate surface area is 114 Å². The van der Waals surface area contributed by atoms with E-state index in [-0.39, 0.29) is 5.56 Å². The molecule has 18 heavy (non-hydrogen) atoms. The fourth-order valence-electron chi connectivity index (χ4n) is 1.36. The molecule has 0 saturated carbocycles. The fourth-order valence-corrected chi connectivity index (χ4v) is 2.77. The maximum atomic E-state index is 11.3. The van der Waals surface area contributed by atoms with Gasteiger partial charge in [-0.05, 0) is 29.8 Å². The average Bonchev–Trinajstić information content (AvgIpc) is 2.17. The van der Waals surface area contributed by atoms with Crippen molar-refractivity contribution >= 4 is 31.6 Å². The normalized spacial score (nSPS) is 12.4. The molecule has 0 spiro atoms. The van der Waals surface area contributed by atoms with E-state index in [2.05, 4.69) is 36.2 Å². The third-order valence-electron chi connectivity index (χ3n) is 1.98. The summed E-state index contributed by atoms with van der Waals surface area (Å²) in [6.45, 7) is 3.77. The van der Waals surface area contributed by atoms with Crippen molar-refractivity contribution in [3.8, 4) is 0 Å². The van der Waals surface area contributed by atoms with E-state index in [1.807, 2.05) is 0 Å². The molecular weight excluding hydrogens is 324 g/mol. The van der Waals surface area contributed by atoms with Gasteiger partial charge in [-0.3, -0.25) is 4.79 Å². The Bertz CT molecular complexity index is 582. The molecule has 1 heterocycles. The number of aromatic nitrogens is 2. The molecule has 0 amide bonds. The van der Waals surface area contributed by atoms with Gasteiger partial charge in [0.05, 0.1) is 18.1 Å². The topological polar surface area (TPSA) is 104 Å². The molecule has 0 saturated heterocycles. The van der Waals surface area contributed by atoms with Crippen LogP contribution in [0, 0.1) is 0 Å². The lowest BCUT2D eigenvalue weighted by Crippen LogP contribution is -2.47. The smallest absolute Gasteiger partial charge is 0.280 e. The molecule has 1 aromatic rings. The third kappa shape index (κ3) is 4.75. The molecule has 0 aliphatic rings. The number of nitrogens with zero attached hydrogens (tertiary/aromatic N) is 1. The summed E-state index contributed by atoms with van der Waals surface area (Å²) in [5.74, 6) is 0. The first-order valence-corrected chi connectivity index (χ1v) is 7.75. The minimum absolute atomic E-state index is 0.309. The summed E-state index contributed by atoms with van der Waals surface area (Å²) in [5.41, 5.74) is -0.536. The molecule has 102 valence electrons. The van der Waals surface area contributed by atoms with E-state index in [0.717, 1.165) is 6.26 Å². The monoisotopic (exact) mass is 338 g/mol. The van der Waals surface area contributed by atoms with Crippen molar-refractivity contribution in [1.82, 2.24) is 14.9 Å². The Morgan fingerprint density at radius 1 is 1.50 bits per heavy atom. The number of aromatic amines is 1. The highest BCUT2D eigenvalue weighted by Gasteiger charge is 2.22. The zero-order valence-electron chi connectivity index (χ0n) is 10.2. The molecule has 0 bridgehead atoms. The van der Waals surface area contributed by atoms with Crippen molar-refractivity contribution in [3.63, 3.8) is 0 Å². The lowest BCUT2D eigenvalue weighted by molar-refractivity contribution is 0.476. The van der Waals surface area contributed by atoms with E-state index in [1.54, 1.807) is 13.8 Å². The largest absolute Gasteiger partial charge is 0.381 e. The Balaban J connectivity index is 2.76. The minimum Gasteiger partial charge on any atom is -0.381 e. The van der Waals surface area contributed by atoms with E-state index in [1.165, 1.54) is 6.20 Å². The number of nitrogens with one attached hydrogen (secondary N) is 3.